The fourth-order valence-electron chi connectivity index (χ4n) is 2.57. The highest BCUT2D eigenvalue weighted by molar-refractivity contribution is 6.74. The van der Waals surface area contributed by atoms with E-state index in [1.807, 2.05) is 13.8 Å². The fourth-order valence-corrected chi connectivity index (χ4v) is 3.58. The molecule has 1 heterocycles. The van der Waals surface area contributed by atoms with Crippen LogP contribution in [0.1, 0.15) is 34.6 Å². The highest BCUT2D eigenvalue weighted by atomic mass is 28.4. The van der Waals surface area contributed by atoms with Gasteiger partial charge in [-0.3, -0.25) is 0 Å². The van der Waals surface area contributed by atoms with Crippen LogP contribution in [-0.2, 0) is 23.4 Å². The lowest BCUT2D eigenvalue weighted by molar-refractivity contribution is -0.180. The fraction of sp³-hybridized carbons (Fsp3) is 0.727. The Balaban J connectivity index is 3.17. The number of aliphatic hydroxyl groups excluding tert-OH is 1. The first kappa shape index (κ1) is 25.9. The zero-order valence-electron chi connectivity index (χ0n) is 19.2. The predicted octanol–water partition coefficient (Wildman–Crippen LogP) is 3.83. The molecule has 1 aliphatic heterocycles. The van der Waals surface area contributed by atoms with Crippen molar-refractivity contribution in [3.05, 3.63) is 23.5 Å². The summed E-state index contributed by atoms with van der Waals surface area (Å²) in [5.74, 6) is 2.83. The normalized spacial score (nSPS) is 23.7. The maximum atomic E-state index is 9.66. The molecule has 0 saturated heterocycles. The van der Waals surface area contributed by atoms with E-state index >= 15 is 0 Å². The molecular formula is C22H38O6Si. The third kappa shape index (κ3) is 7.89. The predicted molar refractivity (Wildman–Crippen MR) is 117 cm³/mol. The molecule has 7 heteroatoms. The van der Waals surface area contributed by atoms with Crippen LogP contribution < -0.4 is 0 Å². The minimum Gasteiger partial charge on any atom is -0.470 e. The lowest BCUT2D eigenvalue weighted by Gasteiger charge is -2.40. The molecule has 0 aromatic carbocycles. The number of ether oxygens (including phenoxy) is 4. The first-order chi connectivity index (χ1) is 13.4. The van der Waals surface area contributed by atoms with Gasteiger partial charge in [0.15, 0.2) is 21.4 Å². The van der Waals surface area contributed by atoms with Gasteiger partial charge in [0.25, 0.3) is 0 Å². The Morgan fingerprint density at radius 1 is 1.38 bits per heavy atom. The largest absolute Gasteiger partial charge is 0.470 e. The van der Waals surface area contributed by atoms with Crippen LogP contribution in [0.4, 0.5) is 0 Å². The Kier molecular flexibility index (Phi) is 10.1. The van der Waals surface area contributed by atoms with Gasteiger partial charge in [-0.05, 0) is 44.1 Å². The second kappa shape index (κ2) is 11.3. The van der Waals surface area contributed by atoms with Crippen molar-refractivity contribution in [3.8, 4) is 12.3 Å². The van der Waals surface area contributed by atoms with Gasteiger partial charge in [-0.15, -0.1) is 6.42 Å². The first-order valence-electron chi connectivity index (χ1n) is 10.0. The van der Waals surface area contributed by atoms with Crippen molar-refractivity contribution in [2.24, 2.45) is 5.92 Å². The highest BCUT2D eigenvalue weighted by Gasteiger charge is 2.40. The molecule has 1 N–H and O–H groups in total. The van der Waals surface area contributed by atoms with Crippen LogP contribution in [0.15, 0.2) is 23.5 Å². The van der Waals surface area contributed by atoms with E-state index in [0.717, 1.165) is 5.57 Å². The van der Waals surface area contributed by atoms with Crippen LogP contribution in [0.3, 0.4) is 0 Å². The first-order valence-corrected chi connectivity index (χ1v) is 12.9. The molecule has 0 unspecified atom stereocenters. The van der Waals surface area contributed by atoms with Gasteiger partial charge in [0.05, 0.1) is 18.8 Å². The summed E-state index contributed by atoms with van der Waals surface area (Å²) in [7, 11) is -0.464. The van der Waals surface area contributed by atoms with E-state index < -0.39 is 14.6 Å². The van der Waals surface area contributed by atoms with Gasteiger partial charge in [-0.2, -0.15) is 0 Å². The Labute approximate surface area is 177 Å². The number of terminal acetylenes is 1. The van der Waals surface area contributed by atoms with Crippen molar-refractivity contribution in [1.82, 2.24) is 0 Å². The Morgan fingerprint density at radius 3 is 2.52 bits per heavy atom. The van der Waals surface area contributed by atoms with Crippen molar-refractivity contribution >= 4 is 8.32 Å². The van der Waals surface area contributed by atoms with Crippen molar-refractivity contribution in [1.29, 1.82) is 0 Å². The van der Waals surface area contributed by atoms with E-state index in [1.54, 1.807) is 12.2 Å². The molecule has 0 aliphatic carbocycles. The molecule has 1 rings (SSSR count). The van der Waals surface area contributed by atoms with E-state index in [4.69, 9.17) is 29.8 Å². The number of methoxy groups -OCH3 is 1. The molecule has 3 atom stereocenters. The van der Waals surface area contributed by atoms with Gasteiger partial charge in [-0.25, -0.2) is 0 Å². The quantitative estimate of drug-likeness (QED) is 0.248. The zero-order chi connectivity index (χ0) is 22.2. The molecule has 1 aliphatic rings. The number of rotatable bonds is 10. The summed E-state index contributed by atoms with van der Waals surface area (Å²) in [5, 5.41) is 9.73. The van der Waals surface area contributed by atoms with Crippen molar-refractivity contribution in [2.45, 2.75) is 71.2 Å². The molecule has 0 radical (unpaired) electrons. The molecule has 166 valence electrons. The second-order valence-electron chi connectivity index (χ2n) is 8.93. The zero-order valence-corrected chi connectivity index (χ0v) is 20.2. The summed E-state index contributed by atoms with van der Waals surface area (Å²) in [4.78, 5) is 0. The third-order valence-electron chi connectivity index (χ3n) is 5.26. The van der Waals surface area contributed by atoms with Crippen LogP contribution in [0.5, 0.6) is 0 Å². The minimum absolute atomic E-state index is 0.0117. The van der Waals surface area contributed by atoms with Crippen LogP contribution in [-0.4, -0.2) is 59.0 Å². The Hall–Kier alpha value is -1.14. The summed E-state index contributed by atoms with van der Waals surface area (Å²) in [6, 6.07) is 0. The monoisotopic (exact) mass is 426 g/mol. The summed E-state index contributed by atoms with van der Waals surface area (Å²) < 4.78 is 28.8. The highest BCUT2D eigenvalue weighted by Crippen LogP contribution is 2.38. The van der Waals surface area contributed by atoms with Crippen LogP contribution in [0.2, 0.25) is 18.1 Å². The molecule has 0 aromatic rings. The van der Waals surface area contributed by atoms with Gasteiger partial charge in [-0.1, -0.05) is 26.7 Å². The lowest BCUT2D eigenvalue weighted by atomic mass is 9.90. The Morgan fingerprint density at radius 2 is 2.03 bits per heavy atom. The second-order valence-corrected chi connectivity index (χ2v) is 13.7. The molecule has 0 fully saturated rings. The molecule has 6 nitrogen and oxygen atoms in total. The van der Waals surface area contributed by atoms with Crippen molar-refractivity contribution in [2.75, 3.05) is 27.1 Å². The third-order valence-corrected chi connectivity index (χ3v) is 9.76. The van der Waals surface area contributed by atoms with Gasteiger partial charge in [0.2, 0.25) is 0 Å². The van der Waals surface area contributed by atoms with Crippen LogP contribution in [0.25, 0.3) is 0 Å². The minimum atomic E-state index is -1.99. The average Bonchev–Trinajstić information content (AvgIpc) is 2.62. The SMILES string of the molecule is C#CC1=C[C@@H](OC(C)C)O[C@H](CO[Si](C)(C)C(C)(C)C)[C@H]1/C=C(/CO)OCOC. The molecule has 0 amide bonds. The molecule has 0 aromatic heterocycles. The van der Waals surface area contributed by atoms with E-state index in [0.29, 0.717) is 12.4 Å². The van der Waals surface area contributed by atoms with E-state index in [1.165, 1.54) is 7.11 Å². The summed E-state index contributed by atoms with van der Waals surface area (Å²) >= 11 is 0. The lowest BCUT2D eigenvalue weighted by Crippen LogP contribution is -2.46. The molecule has 29 heavy (non-hydrogen) atoms. The van der Waals surface area contributed by atoms with E-state index in [9.17, 15) is 5.11 Å². The van der Waals surface area contributed by atoms with Gasteiger partial charge in [0.1, 0.15) is 12.4 Å². The Bertz CT molecular complexity index is 612. The molecular weight excluding hydrogens is 388 g/mol. The molecule has 0 spiro atoms. The maximum absolute atomic E-state index is 9.66. The summed E-state index contributed by atoms with van der Waals surface area (Å²) in [6.07, 6.45) is 8.47. The van der Waals surface area contributed by atoms with Crippen molar-refractivity contribution < 1.29 is 28.5 Å². The van der Waals surface area contributed by atoms with Crippen LogP contribution in [0, 0.1) is 18.3 Å². The number of hydrogen-bond donors (Lipinski definition) is 1. The maximum Gasteiger partial charge on any atom is 0.192 e. The standard InChI is InChI=1S/C22H38O6Si/c1-10-17-11-21(27-16(2)3)28-20(14-26-29(8,9)22(4,5)6)19(17)12-18(13-23)25-15-24-7/h1,11-12,16,19-21,23H,13-15H2,2-9H3/b18-12-/t19-,20+,21-/m0/s1. The number of hydrogen-bond acceptors (Lipinski definition) is 6. The molecule has 0 saturated carbocycles. The van der Waals surface area contributed by atoms with Gasteiger partial charge >= 0.3 is 0 Å². The smallest absolute Gasteiger partial charge is 0.192 e. The van der Waals surface area contributed by atoms with E-state index in [-0.39, 0.29) is 36.6 Å². The molecule has 0 bridgehead atoms. The van der Waals surface area contributed by atoms with Crippen molar-refractivity contribution in [3.63, 3.8) is 0 Å². The van der Waals surface area contributed by atoms with Gasteiger partial charge in [0, 0.05) is 18.6 Å². The summed E-state index contributed by atoms with van der Waals surface area (Å²) in [6.45, 7) is 15.0. The van der Waals surface area contributed by atoms with E-state index in [2.05, 4.69) is 39.8 Å². The van der Waals surface area contributed by atoms with Crippen LogP contribution >= 0.6 is 0 Å². The van der Waals surface area contributed by atoms with Gasteiger partial charge < -0.3 is 28.5 Å². The average molecular weight is 427 g/mol. The topological polar surface area (TPSA) is 66.4 Å². The number of aliphatic hydroxyl groups is 1. The summed E-state index contributed by atoms with van der Waals surface area (Å²) in [5.41, 5.74) is 0.720.